The van der Waals surface area contributed by atoms with Crippen molar-refractivity contribution < 1.29 is 0 Å². The molecule has 74 valence electrons. The van der Waals surface area contributed by atoms with Crippen LogP contribution in [0, 0.1) is 0 Å². The number of nitrogens with two attached hydrogens (primary N) is 1. The molecule has 2 aromatic rings. The highest BCUT2D eigenvalue weighted by Gasteiger charge is 1.96. The van der Waals surface area contributed by atoms with Crippen molar-refractivity contribution in [2.45, 2.75) is 6.54 Å². The molecule has 6 heteroatoms. The van der Waals surface area contributed by atoms with Crippen molar-refractivity contribution >= 4 is 22.4 Å². The third-order valence-electron chi connectivity index (χ3n) is 1.76. The molecule has 0 atom stereocenters. The van der Waals surface area contributed by atoms with Gasteiger partial charge in [-0.25, -0.2) is 4.98 Å². The van der Waals surface area contributed by atoms with Crippen LogP contribution in [-0.2, 0) is 6.54 Å². The first-order valence-electron chi connectivity index (χ1n) is 4.26. The highest BCUT2D eigenvalue weighted by molar-refractivity contribution is 7.10. The molecular weight excluding hydrogens is 198 g/mol. The number of imidazole rings is 1. The summed E-state index contributed by atoms with van der Waals surface area (Å²) in [4.78, 5) is 3.96. The minimum Gasteiger partial charge on any atom is -0.383 e. The van der Waals surface area contributed by atoms with Gasteiger partial charge >= 0.3 is 0 Å². The van der Waals surface area contributed by atoms with Gasteiger partial charge in [-0.1, -0.05) is 0 Å². The monoisotopic (exact) mass is 209 g/mol. The van der Waals surface area contributed by atoms with Crippen molar-refractivity contribution in [3.8, 4) is 0 Å². The molecule has 3 N–H and O–H groups in total. The number of rotatable bonds is 4. The lowest BCUT2D eigenvalue weighted by molar-refractivity contribution is 0.728. The van der Waals surface area contributed by atoms with Gasteiger partial charge < -0.3 is 15.6 Å². The van der Waals surface area contributed by atoms with E-state index in [1.807, 2.05) is 16.8 Å². The number of hydrogen-bond acceptors (Lipinski definition) is 5. The Morgan fingerprint density at radius 3 is 3.14 bits per heavy atom. The summed E-state index contributed by atoms with van der Waals surface area (Å²) in [7, 11) is 0. The lowest BCUT2D eigenvalue weighted by Gasteiger charge is -2.02. The quantitative estimate of drug-likeness (QED) is 0.789. The second-order valence-corrected chi connectivity index (χ2v) is 3.65. The second kappa shape index (κ2) is 4.10. The molecule has 0 fully saturated rings. The van der Waals surface area contributed by atoms with E-state index in [4.69, 9.17) is 5.73 Å². The molecule has 0 unspecified atom stereocenters. The Labute approximate surface area is 85.7 Å². The van der Waals surface area contributed by atoms with E-state index in [1.54, 1.807) is 12.5 Å². The first-order valence-corrected chi connectivity index (χ1v) is 5.04. The van der Waals surface area contributed by atoms with Crippen LogP contribution in [-0.4, -0.2) is 20.5 Å². The third kappa shape index (κ3) is 2.23. The highest BCUT2D eigenvalue weighted by Crippen LogP contribution is 2.16. The zero-order valence-corrected chi connectivity index (χ0v) is 8.37. The second-order valence-electron chi connectivity index (χ2n) is 2.84. The first kappa shape index (κ1) is 9.01. The number of nitrogens with one attached hydrogen (secondary N) is 1. The molecule has 0 spiro atoms. The van der Waals surface area contributed by atoms with Crippen LogP contribution < -0.4 is 11.1 Å². The fourth-order valence-electron chi connectivity index (χ4n) is 1.10. The van der Waals surface area contributed by atoms with Gasteiger partial charge in [0.1, 0.15) is 10.8 Å². The van der Waals surface area contributed by atoms with Gasteiger partial charge in [0.05, 0.1) is 6.33 Å². The van der Waals surface area contributed by atoms with E-state index in [0.29, 0.717) is 5.82 Å². The maximum atomic E-state index is 5.49. The minimum absolute atomic E-state index is 0.570. The van der Waals surface area contributed by atoms with Crippen molar-refractivity contribution in [1.29, 1.82) is 0 Å². The molecule has 2 heterocycles. The number of hydrogen-bond donors (Lipinski definition) is 2. The summed E-state index contributed by atoms with van der Waals surface area (Å²) in [6.07, 6.45) is 5.50. The third-order valence-corrected chi connectivity index (χ3v) is 2.52. The zero-order chi connectivity index (χ0) is 9.80. The van der Waals surface area contributed by atoms with Crippen LogP contribution in [0.2, 0.25) is 0 Å². The van der Waals surface area contributed by atoms with Crippen molar-refractivity contribution in [1.82, 2.24) is 13.9 Å². The molecule has 0 radical (unpaired) electrons. The highest BCUT2D eigenvalue weighted by atomic mass is 32.1. The van der Waals surface area contributed by atoms with Gasteiger partial charge in [-0.3, -0.25) is 0 Å². The molecule has 5 nitrogen and oxygen atoms in total. The van der Waals surface area contributed by atoms with Crippen LogP contribution in [0.25, 0.3) is 0 Å². The molecule has 0 bridgehead atoms. The number of anilines is 2. The van der Waals surface area contributed by atoms with E-state index in [2.05, 4.69) is 14.7 Å². The van der Waals surface area contributed by atoms with Crippen LogP contribution >= 0.6 is 11.5 Å². The van der Waals surface area contributed by atoms with Gasteiger partial charge in [0.2, 0.25) is 0 Å². The summed E-state index contributed by atoms with van der Waals surface area (Å²) in [6.45, 7) is 1.73. The van der Waals surface area contributed by atoms with Crippen molar-refractivity contribution in [2.75, 3.05) is 17.6 Å². The summed E-state index contributed by atoms with van der Waals surface area (Å²) in [5, 5.41) is 4.23. The molecule has 0 aliphatic rings. The van der Waals surface area contributed by atoms with Crippen LogP contribution in [0.15, 0.2) is 24.8 Å². The predicted octanol–water partition coefficient (Wildman–Crippen LogP) is 1.03. The van der Waals surface area contributed by atoms with Crippen LogP contribution in [0.3, 0.4) is 0 Å². The number of nitrogens with zero attached hydrogens (tertiary/aromatic N) is 3. The normalized spacial score (nSPS) is 10.3. The molecule has 0 aromatic carbocycles. The molecule has 2 rings (SSSR count). The molecule has 0 amide bonds. The standard InChI is InChI=1S/C8H11N5S/c9-7-5-8(14-12-7)11-2-4-13-3-1-10-6-13/h1,3,5-6,11H,2,4H2,(H2,9,12). The van der Waals surface area contributed by atoms with Gasteiger partial charge in [0.25, 0.3) is 0 Å². The topological polar surface area (TPSA) is 68.8 Å². The molecular formula is C8H11N5S. The lowest BCUT2D eigenvalue weighted by Crippen LogP contribution is -2.08. The molecule has 0 saturated carbocycles. The SMILES string of the molecule is Nc1cc(NCCn2ccnc2)sn1. The zero-order valence-electron chi connectivity index (χ0n) is 7.55. The van der Waals surface area contributed by atoms with Gasteiger partial charge in [0, 0.05) is 31.5 Å². The fourth-order valence-corrected chi connectivity index (χ4v) is 1.70. The summed E-state index contributed by atoms with van der Waals surface area (Å²) in [6, 6.07) is 1.83. The van der Waals surface area contributed by atoms with Crippen molar-refractivity contribution in [2.24, 2.45) is 0 Å². The van der Waals surface area contributed by atoms with Gasteiger partial charge in [-0.05, 0) is 11.5 Å². The van der Waals surface area contributed by atoms with E-state index >= 15 is 0 Å². The van der Waals surface area contributed by atoms with Gasteiger partial charge in [-0.15, -0.1) is 0 Å². The van der Waals surface area contributed by atoms with E-state index in [0.717, 1.165) is 18.1 Å². The maximum absolute atomic E-state index is 5.49. The van der Waals surface area contributed by atoms with Crippen molar-refractivity contribution in [3.63, 3.8) is 0 Å². The summed E-state index contributed by atoms with van der Waals surface area (Å²) in [5.74, 6) is 0.570. The summed E-state index contributed by atoms with van der Waals surface area (Å²) in [5.41, 5.74) is 5.49. The van der Waals surface area contributed by atoms with Crippen molar-refractivity contribution in [3.05, 3.63) is 24.8 Å². The average Bonchev–Trinajstić information content (AvgIpc) is 2.77. The van der Waals surface area contributed by atoms with E-state index in [1.165, 1.54) is 11.5 Å². The Kier molecular flexibility index (Phi) is 2.64. The van der Waals surface area contributed by atoms with E-state index < -0.39 is 0 Å². The van der Waals surface area contributed by atoms with E-state index in [9.17, 15) is 0 Å². The Balaban J connectivity index is 1.78. The van der Waals surface area contributed by atoms with Crippen LogP contribution in [0.5, 0.6) is 0 Å². The minimum atomic E-state index is 0.570. The number of nitrogen functional groups attached to an aromatic ring is 1. The Morgan fingerprint density at radius 2 is 2.50 bits per heavy atom. The maximum Gasteiger partial charge on any atom is 0.139 e. The molecule has 0 aliphatic heterocycles. The fraction of sp³-hybridized carbons (Fsp3) is 0.250. The molecule has 14 heavy (non-hydrogen) atoms. The number of aromatic nitrogens is 3. The largest absolute Gasteiger partial charge is 0.383 e. The predicted molar refractivity (Wildman–Crippen MR) is 57.2 cm³/mol. The van der Waals surface area contributed by atoms with Gasteiger partial charge in [0.15, 0.2) is 0 Å². The van der Waals surface area contributed by atoms with Crippen LogP contribution in [0.1, 0.15) is 0 Å². The summed E-state index contributed by atoms with van der Waals surface area (Å²) >= 11 is 1.38. The average molecular weight is 209 g/mol. The summed E-state index contributed by atoms with van der Waals surface area (Å²) < 4.78 is 5.98. The Morgan fingerprint density at radius 1 is 1.57 bits per heavy atom. The van der Waals surface area contributed by atoms with E-state index in [-0.39, 0.29) is 0 Å². The van der Waals surface area contributed by atoms with Crippen LogP contribution in [0.4, 0.5) is 10.8 Å². The molecule has 0 aliphatic carbocycles. The first-order chi connectivity index (χ1) is 6.84. The molecule has 0 saturated heterocycles. The smallest absolute Gasteiger partial charge is 0.139 e. The molecule has 2 aromatic heterocycles. The van der Waals surface area contributed by atoms with Gasteiger partial charge in [-0.2, -0.15) is 4.37 Å². The Hall–Kier alpha value is -1.56. The Bertz CT molecular complexity index is 380. The lowest BCUT2D eigenvalue weighted by atomic mass is 10.5.